The number of hydrogen-bond acceptors (Lipinski definition) is 4. The number of fused-ring (bicyclic) bond motifs is 1. The van der Waals surface area contributed by atoms with E-state index < -0.39 is 0 Å². The summed E-state index contributed by atoms with van der Waals surface area (Å²) in [6.45, 7) is 2.45. The normalized spacial score (nSPS) is 10.6. The van der Waals surface area contributed by atoms with Crippen molar-refractivity contribution < 1.29 is 9.47 Å². The van der Waals surface area contributed by atoms with Gasteiger partial charge in [-0.25, -0.2) is 9.97 Å². The van der Waals surface area contributed by atoms with Crippen molar-refractivity contribution in [2.75, 3.05) is 7.11 Å². The quantitative estimate of drug-likeness (QED) is 0.733. The van der Waals surface area contributed by atoms with Crippen LogP contribution in [0.3, 0.4) is 0 Å². The van der Waals surface area contributed by atoms with E-state index >= 15 is 0 Å². The fourth-order valence-corrected chi connectivity index (χ4v) is 2.20. The van der Waals surface area contributed by atoms with Gasteiger partial charge in [0.1, 0.15) is 12.9 Å². The van der Waals surface area contributed by atoms with E-state index in [1.807, 2.05) is 49.4 Å². The highest BCUT2D eigenvalue weighted by Gasteiger charge is 2.10. The molecule has 106 valence electrons. The number of hydrogen-bond donors (Lipinski definition) is 0. The monoisotopic (exact) mass is 280 g/mol. The number of ether oxygens (including phenoxy) is 2. The molecule has 0 radical (unpaired) electrons. The molecule has 0 aliphatic carbocycles. The Labute approximate surface area is 123 Å². The lowest BCUT2D eigenvalue weighted by Crippen LogP contribution is -1.98. The zero-order valence-electron chi connectivity index (χ0n) is 12.0. The van der Waals surface area contributed by atoms with Crippen molar-refractivity contribution in [3.63, 3.8) is 0 Å². The van der Waals surface area contributed by atoms with E-state index in [-0.39, 0.29) is 0 Å². The van der Waals surface area contributed by atoms with Crippen LogP contribution >= 0.6 is 0 Å². The molecule has 0 saturated heterocycles. The summed E-state index contributed by atoms with van der Waals surface area (Å²) in [4.78, 5) is 8.48. The van der Waals surface area contributed by atoms with Crippen molar-refractivity contribution in [1.82, 2.24) is 9.97 Å². The van der Waals surface area contributed by atoms with E-state index in [1.165, 1.54) is 0 Å². The minimum Gasteiger partial charge on any atom is -0.493 e. The third-order valence-corrected chi connectivity index (χ3v) is 3.36. The third kappa shape index (κ3) is 2.79. The van der Waals surface area contributed by atoms with Crippen molar-refractivity contribution in [2.45, 2.75) is 13.5 Å². The van der Waals surface area contributed by atoms with Crippen molar-refractivity contribution >= 4 is 10.9 Å². The van der Waals surface area contributed by atoms with Crippen molar-refractivity contribution in [3.8, 4) is 11.5 Å². The van der Waals surface area contributed by atoms with Crippen LogP contribution < -0.4 is 9.47 Å². The zero-order valence-corrected chi connectivity index (χ0v) is 12.0. The van der Waals surface area contributed by atoms with Crippen molar-refractivity contribution in [3.05, 3.63) is 60.0 Å². The molecular weight excluding hydrogens is 264 g/mol. The summed E-state index contributed by atoms with van der Waals surface area (Å²) in [5, 5.41) is 0.974. The van der Waals surface area contributed by atoms with E-state index in [1.54, 1.807) is 13.4 Å². The first-order chi connectivity index (χ1) is 10.3. The van der Waals surface area contributed by atoms with E-state index in [0.717, 1.165) is 22.2 Å². The number of benzene rings is 2. The van der Waals surface area contributed by atoms with Crippen LogP contribution in [0.1, 0.15) is 11.3 Å². The minimum atomic E-state index is 0.493. The van der Waals surface area contributed by atoms with E-state index in [9.17, 15) is 0 Å². The lowest BCUT2D eigenvalue weighted by Gasteiger charge is -2.12. The first-order valence-corrected chi connectivity index (χ1v) is 6.74. The molecule has 0 aliphatic heterocycles. The number of rotatable bonds is 4. The highest BCUT2D eigenvalue weighted by Crippen LogP contribution is 2.32. The molecule has 0 aliphatic rings. The molecule has 0 saturated carbocycles. The van der Waals surface area contributed by atoms with Crippen LogP contribution in [0.2, 0.25) is 0 Å². The average Bonchev–Trinajstić information content (AvgIpc) is 2.53. The predicted octanol–water partition coefficient (Wildman–Crippen LogP) is 3.53. The maximum atomic E-state index is 5.88. The molecule has 2 aromatic carbocycles. The van der Waals surface area contributed by atoms with Crippen molar-refractivity contribution in [1.29, 1.82) is 0 Å². The van der Waals surface area contributed by atoms with Crippen LogP contribution in [0.15, 0.2) is 48.8 Å². The molecule has 4 heteroatoms. The molecule has 1 aromatic heterocycles. The second kappa shape index (κ2) is 5.79. The third-order valence-electron chi connectivity index (χ3n) is 3.36. The van der Waals surface area contributed by atoms with Gasteiger partial charge >= 0.3 is 0 Å². The minimum absolute atomic E-state index is 0.493. The molecule has 21 heavy (non-hydrogen) atoms. The summed E-state index contributed by atoms with van der Waals surface area (Å²) in [6.07, 6.45) is 1.56. The van der Waals surface area contributed by atoms with Gasteiger partial charge in [-0.1, -0.05) is 30.3 Å². The summed E-state index contributed by atoms with van der Waals surface area (Å²) in [7, 11) is 1.63. The maximum Gasteiger partial charge on any atom is 0.163 e. The van der Waals surface area contributed by atoms with Crippen LogP contribution in [0, 0.1) is 6.92 Å². The SMILES string of the molecule is COc1cc2c(C)ncnc2cc1OCc1ccccc1. The molecule has 3 aromatic rings. The van der Waals surface area contributed by atoms with Gasteiger partial charge in [0.2, 0.25) is 0 Å². The highest BCUT2D eigenvalue weighted by molar-refractivity contribution is 5.84. The van der Waals surface area contributed by atoms with Gasteiger partial charge in [-0.15, -0.1) is 0 Å². The molecule has 3 rings (SSSR count). The Morgan fingerprint density at radius 3 is 2.57 bits per heavy atom. The van der Waals surface area contributed by atoms with Gasteiger partial charge in [0.05, 0.1) is 12.6 Å². The average molecular weight is 280 g/mol. The maximum absolute atomic E-state index is 5.88. The molecule has 0 N–H and O–H groups in total. The number of aryl methyl sites for hydroxylation is 1. The summed E-state index contributed by atoms with van der Waals surface area (Å²) >= 11 is 0. The van der Waals surface area contributed by atoms with Gasteiger partial charge in [-0.3, -0.25) is 0 Å². The predicted molar refractivity (Wildman–Crippen MR) is 81.6 cm³/mol. The molecule has 4 nitrogen and oxygen atoms in total. The molecule has 0 spiro atoms. The van der Waals surface area contributed by atoms with Crippen LogP contribution in [0.4, 0.5) is 0 Å². The molecule has 0 fully saturated rings. The Balaban J connectivity index is 1.94. The lowest BCUT2D eigenvalue weighted by molar-refractivity contribution is 0.285. The molecule has 0 unspecified atom stereocenters. The highest BCUT2D eigenvalue weighted by atomic mass is 16.5. The smallest absolute Gasteiger partial charge is 0.163 e. The Kier molecular flexibility index (Phi) is 3.69. The van der Waals surface area contributed by atoms with Gasteiger partial charge in [-0.05, 0) is 18.6 Å². The topological polar surface area (TPSA) is 44.2 Å². The fraction of sp³-hybridized carbons (Fsp3) is 0.176. The molecule has 0 amide bonds. The molecule has 0 bridgehead atoms. The Bertz CT molecular complexity index is 757. The second-order valence-electron chi connectivity index (χ2n) is 4.75. The van der Waals surface area contributed by atoms with Gasteiger partial charge in [0, 0.05) is 17.1 Å². The Hall–Kier alpha value is -2.62. The number of nitrogens with zero attached hydrogens (tertiary/aromatic N) is 2. The van der Waals surface area contributed by atoms with Gasteiger partial charge in [0.15, 0.2) is 11.5 Å². The molecule has 1 heterocycles. The lowest BCUT2D eigenvalue weighted by atomic mass is 10.1. The van der Waals surface area contributed by atoms with Crippen LogP contribution in [0.5, 0.6) is 11.5 Å². The summed E-state index contributed by atoms with van der Waals surface area (Å²) in [5.41, 5.74) is 2.89. The standard InChI is InChI=1S/C17H16N2O2/c1-12-14-8-16(20-2)17(9-15(14)19-11-18-12)21-10-13-6-4-3-5-7-13/h3-9,11H,10H2,1-2H3. The zero-order chi connectivity index (χ0) is 14.7. The first-order valence-electron chi connectivity index (χ1n) is 6.74. The first kappa shape index (κ1) is 13.4. The molecule has 0 atom stereocenters. The second-order valence-corrected chi connectivity index (χ2v) is 4.75. The van der Waals surface area contributed by atoms with E-state index in [4.69, 9.17) is 9.47 Å². The number of methoxy groups -OCH3 is 1. The van der Waals surface area contributed by atoms with E-state index in [2.05, 4.69) is 9.97 Å². The van der Waals surface area contributed by atoms with Gasteiger partial charge < -0.3 is 9.47 Å². The van der Waals surface area contributed by atoms with Crippen LogP contribution in [0.25, 0.3) is 10.9 Å². The summed E-state index contributed by atoms with van der Waals surface area (Å²) < 4.78 is 11.3. The Morgan fingerprint density at radius 2 is 1.81 bits per heavy atom. The summed E-state index contributed by atoms with van der Waals surface area (Å²) in [5.74, 6) is 1.38. The summed E-state index contributed by atoms with van der Waals surface area (Å²) in [6, 6.07) is 13.8. The van der Waals surface area contributed by atoms with Gasteiger partial charge in [0.25, 0.3) is 0 Å². The van der Waals surface area contributed by atoms with Crippen LogP contribution in [-0.4, -0.2) is 17.1 Å². The van der Waals surface area contributed by atoms with E-state index in [0.29, 0.717) is 18.1 Å². The fourth-order valence-electron chi connectivity index (χ4n) is 2.20. The van der Waals surface area contributed by atoms with Crippen LogP contribution in [-0.2, 0) is 6.61 Å². The number of aromatic nitrogens is 2. The molecular formula is C17H16N2O2. The van der Waals surface area contributed by atoms with Gasteiger partial charge in [-0.2, -0.15) is 0 Å². The van der Waals surface area contributed by atoms with Crippen molar-refractivity contribution in [2.24, 2.45) is 0 Å². The largest absolute Gasteiger partial charge is 0.493 e. The Morgan fingerprint density at radius 1 is 1.00 bits per heavy atom.